The topological polar surface area (TPSA) is 48.4 Å². The number of aromatic nitrogens is 1. The van der Waals surface area contributed by atoms with Gasteiger partial charge in [-0.1, -0.05) is 18.2 Å². The summed E-state index contributed by atoms with van der Waals surface area (Å²) in [5, 5.41) is 13.6. The molecule has 1 aromatic carbocycles. The van der Waals surface area contributed by atoms with Crippen LogP contribution in [-0.2, 0) is 0 Å². The Morgan fingerprint density at radius 2 is 2.09 bits per heavy atom. The van der Waals surface area contributed by atoms with E-state index in [-0.39, 0.29) is 5.82 Å². The maximum absolute atomic E-state index is 12.9. The SMILES string of the molecule is OC(CN1CCC(CNc2ccccn2)C1)c1ccc(F)cc1. The molecule has 1 aromatic heterocycles. The van der Waals surface area contributed by atoms with E-state index in [2.05, 4.69) is 15.2 Å². The predicted molar refractivity (Wildman–Crippen MR) is 88.6 cm³/mol. The van der Waals surface area contributed by atoms with Gasteiger partial charge in [0.05, 0.1) is 6.10 Å². The molecule has 1 aliphatic heterocycles. The van der Waals surface area contributed by atoms with Gasteiger partial charge in [-0.05, 0) is 48.7 Å². The Morgan fingerprint density at radius 3 is 2.83 bits per heavy atom. The maximum atomic E-state index is 12.9. The number of pyridine rings is 1. The fraction of sp³-hybridized carbons (Fsp3) is 0.389. The first-order valence-electron chi connectivity index (χ1n) is 8.01. The standard InChI is InChI=1S/C18H22FN3O/c19-16-6-4-15(5-7-16)17(23)13-22-10-8-14(12-22)11-21-18-3-1-2-9-20-18/h1-7,9,14,17,23H,8,10-13H2,(H,20,21). The molecule has 2 N–H and O–H groups in total. The minimum absolute atomic E-state index is 0.275. The minimum Gasteiger partial charge on any atom is -0.387 e. The predicted octanol–water partition coefficient (Wildman–Crippen LogP) is 2.69. The van der Waals surface area contributed by atoms with Gasteiger partial charge < -0.3 is 15.3 Å². The Kier molecular flexibility index (Phi) is 5.20. The summed E-state index contributed by atoms with van der Waals surface area (Å²) in [7, 11) is 0. The Hall–Kier alpha value is -1.98. The second-order valence-electron chi connectivity index (χ2n) is 6.08. The first kappa shape index (κ1) is 15.9. The van der Waals surface area contributed by atoms with Crippen LogP contribution in [0, 0.1) is 11.7 Å². The zero-order chi connectivity index (χ0) is 16.1. The third kappa shape index (κ3) is 4.50. The number of likely N-dealkylation sites (tertiary alicyclic amines) is 1. The van der Waals surface area contributed by atoms with Gasteiger partial charge in [-0.2, -0.15) is 0 Å². The van der Waals surface area contributed by atoms with Gasteiger partial charge in [-0.15, -0.1) is 0 Å². The fourth-order valence-electron chi connectivity index (χ4n) is 3.00. The van der Waals surface area contributed by atoms with Crippen molar-refractivity contribution in [2.75, 3.05) is 31.5 Å². The molecule has 122 valence electrons. The molecule has 23 heavy (non-hydrogen) atoms. The van der Waals surface area contributed by atoms with E-state index in [1.54, 1.807) is 18.3 Å². The van der Waals surface area contributed by atoms with Crippen LogP contribution in [0.3, 0.4) is 0 Å². The number of aliphatic hydroxyl groups excluding tert-OH is 1. The van der Waals surface area contributed by atoms with Gasteiger partial charge in [-0.3, -0.25) is 0 Å². The summed E-state index contributed by atoms with van der Waals surface area (Å²) in [5.41, 5.74) is 0.765. The molecule has 0 bridgehead atoms. The molecular weight excluding hydrogens is 293 g/mol. The molecule has 2 unspecified atom stereocenters. The van der Waals surface area contributed by atoms with Crippen LogP contribution >= 0.6 is 0 Å². The number of nitrogens with zero attached hydrogens (tertiary/aromatic N) is 2. The number of rotatable bonds is 6. The molecule has 3 rings (SSSR count). The summed E-state index contributed by atoms with van der Waals surface area (Å²) in [4.78, 5) is 6.52. The molecule has 1 saturated heterocycles. The molecule has 0 amide bonds. The number of aliphatic hydroxyl groups is 1. The van der Waals surface area contributed by atoms with Gasteiger partial charge in [-0.25, -0.2) is 9.37 Å². The van der Waals surface area contributed by atoms with Crippen LogP contribution in [0.15, 0.2) is 48.7 Å². The van der Waals surface area contributed by atoms with Crippen LogP contribution in [0.4, 0.5) is 10.2 Å². The number of hydrogen-bond acceptors (Lipinski definition) is 4. The lowest BCUT2D eigenvalue weighted by Gasteiger charge is -2.20. The van der Waals surface area contributed by atoms with E-state index in [9.17, 15) is 9.50 Å². The highest BCUT2D eigenvalue weighted by atomic mass is 19.1. The number of nitrogens with one attached hydrogen (secondary N) is 1. The first-order chi connectivity index (χ1) is 11.2. The molecule has 2 aromatic rings. The molecule has 1 aliphatic rings. The Balaban J connectivity index is 1.45. The van der Waals surface area contributed by atoms with E-state index >= 15 is 0 Å². The molecule has 0 saturated carbocycles. The van der Waals surface area contributed by atoms with Crippen molar-refractivity contribution in [1.82, 2.24) is 9.88 Å². The summed E-state index contributed by atoms with van der Waals surface area (Å²) < 4.78 is 12.9. The van der Waals surface area contributed by atoms with Crippen molar-refractivity contribution in [2.24, 2.45) is 5.92 Å². The zero-order valence-electron chi connectivity index (χ0n) is 13.0. The van der Waals surface area contributed by atoms with Gasteiger partial charge in [0.1, 0.15) is 11.6 Å². The van der Waals surface area contributed by atoms with Crippen LogP contribution in [-0.4, -0.2) is 41.2 Å². The van der Waals surface area contributed by atoms with Crippen LogP contribution in [0.2, 0.25) is 0 Å². The number of hydrogen-bond donors (Lipinski definition) is 2. The third-order valence-electron chi connectivity index (χ3n) is 4.29. The highest BCUT2D eigenvalue weighted by Crippen LogP contribution is 2.21. The van der Waals surface area contributed by atoms with Crippen molar-refractivity contribution in [3.05, 3.63) is 60.0 Å². The van der Waals surface area contributed by atoms with Gasteiger partial charge >= 0.3 is 0 Å². The number of halogens is 1. The second kappa shape index (κ2) is 7.53. The van der Waals surface area contributed by atoms with Gasteiger partial charge in [0.2, 0.25) is 0 Å². The molecule has 0 aliphatic carbocycles. The molecule has 1 fully saturated rings. The van der Waals surface area contributed by atoms with Crippen LogP contribution in [0.1, 0.15) is 18.1 Å². The molecule has 0 radical (unpaired) electrons. The van der Waals surface area contributed by atoms with E-state index in [1.807, 2.05) is 18.2 Å². The van der Waals surface area contributed by atoms with Crippen molar-refractivity contribution in [1.29, 1.82) is 0 Å². The quantitative estimate of drug-likeness (QED) is 0.860. The molecule has 4 nitrogen and oxygen atoms in total. The summed E-state index contributed by atoms with van der Waals surface area (Å²) >= 11 is 0. The van der Waals surface area contributed by atoms with Crippen molar-refractivity contribution < 1.29 is 9.50 Å². The van der Waals surface area contributed by atoms with Crippen molar-refractivity contribution >= 4 is 5.82 Å². The highest BCUT2D eigenvalue weighted by molar-refractivity contribution is 5.33. The third-order valence-corrected chi connectivity index (χ3v) is 4.29. The summed E-state index contributed by atoms with van der Waals surface area (Å²) in [6.07, 6.45) is 2.32. The van der Waals surface area contributed by atoms with Gasteiger partial charge in [0.15, 0.2) is 0 Å². The van der Waals surface area contributed by atoms with Crippen LogP contribution in [0.25, 0.3) is 0 Å². The average molecular weight is 315 g/mol. The number of β-amino-alcohol motifs (C(OH)–C–C–N with tert-alkyl or cyclic N) is 1. The van der Waals surface area contributed by atoms with Crippen LogP contribution < -0.4 is 5.32 Å². The Morgan fingerprint density at radius 1 is 1.26 bits per heavy atom. The lowest BCUT2D eigenvalue weighted by Crippen LogP contribution is -2.27. The summed E-state index contributed by atoms with van der Waals surface area (Å²) in [6.45, 7) is 3.41. The fourth-order valence-corrected chi connectivity index (χ4v) is 3.00. The van der Waals surface area contributed by atoms with E-state index in [0.717, 1.165) is 37.4 Å². The Bertz CT molecular complexity index is 605. The van der Waals surface area contributed by atoms with Crippen molar-refractivity contribution in [3.63, 3.8) is 0 Å². The minimum atomic E-state index is -0.571. The lowest BCUT2D eigenvalue weighted by atomic mass is 10.1. The number of anilines is 1. The molecular formula is C18H22FN3O. The van der Waals surface area contributed by atoms with Crippen molar-refractivity contribution in [2.45, 2.75) is 12.5 Å². The molecule has 5 heteroatoms. The molecule has 0 spiro atoms. The van der Waals surface area contributed by atoms with Crippen molar-refractivity contribution in [3.8, 4) is 0 Å². The zero-order valence-corrected chi connectivity index (χ0v) is 13.0. The smallest absolute Gasteiger partial charge is 0.125 e. The largest absolute Gasteiger partial charge is 0.387 e. The van der Waals surface area contributed by atoms with E-state index < -0.39 is 6.10 Å². The molecule has 2 atom stereocenters. The first-order valence-corrected chi connectivity index (χ1v) is 8.01. The van der Waals surface area contributed by atoms with Crippen LogP contribution in [0.5, 0.6) is 0 Å². The number of benzene rings is 1. The summed E-state index contributed by atoms with van der Waals surface area (Å²) in [6, 6.07) is 11.9. The van der Waals surface area contributed by atoms with E-state index in [4.69, 9.17) is 0 Å². The van der Waals surface area contributed by atoms with Gasteiger partial charge in [0.25, 0.3) is 0 Å². The average Bonchev–Trinajstić information content (AvgIpc) is 3.02. The monoisotopic (exact) mass is 315 g/mol. The normalized spacial score (nSPS) is 19.7. The lowest BCUT2D eigenvalue weighted by molar-refractivity contribution is 0.124. The highest BCUT2D eigenvalue weighted by Gasteiger charge is 2.24. The maximum Gasteiger partial charge on any atom is 0.125 e. The van der Waals surface area contributed by atoms with E-state index in [1.165, 1.54) is 12.1 Å². The molecule has 2 heterocycles. The van der Waals surface area contributed by atoms with Gasteiger partial charge in [0, 0.05) is 25.8 Å². The van der Waals surface area contributed by atoms with E-state index in [0.29, 0.717) is 12.5 Å². The second-order valence-corrected chi connectivity index (χ2v) is 6.08. The Labute approximate surface area is 136 Å². The summed E-state index contributed by atoms with van der Waals surface area (Å²) in [5.74, 6) is 1.18.